The lowest BCUT2D eigenvalue weighted by atomic mass is 10.2. The molecule has 1 amide bonds. The molecular weight excluding hydrogens is 226 g/mol. The quantitative estimate of drug-likeness (QED) is 0.701. The normalized spacial score (nSPS) is 16.9. The second-order valence-electron chi connectivity index (χ2n) is 5.38. The molecule has 0 aromatic heterocycles. The van der Waals surface area contributed by atoms with E-state index in [4.69, 9.17) is 5.73 Å². The Bertz CT molecular complexity index is 225. The van der Waals surface area contributed by atoms with E-state index < -0.39 is 0 Å². The van der Waals surface area contributed by atoms with Crippen molar-refractivity contribution in [2.45, 2.75) is 44.9 Å². The maximum absolute atomic E-state index is 12.1. The van der Waals surface area contributed by atoms with Gasteiger partial charge in [0.25, 0.3) is 0 Å². The highest BCUT2D eigenvalue weighted by atomic mass is 16.2. The van der Waals surface area contributed by atoms with Gasteiger partial charge in [0.15, 0.2) is 0 Å². The summed E-state index contributed by atoms with van der Waals surface area (Å²) < 4.78 is 0. The largest absolute Gasteiger partial charge is 0.342 e. The summed E-state index contributed by atoms with van der Waals surface area (Å²) in [5, 5.41) is 0. The van der Waals surface area contributed by atoms with Crippen molar-refractivity contribution in [1.82, 2.24) is 9.80 Å². The molecule has 18 heavy (non-hydrogen) atoms. The number of likely N-dealkylation sites (tertiary alicyclic amines) is 1. The minimum absolute atomic E-state index is 0.304. The first-order chi connectivity index (χ1) is 8.74. The number of carbonyl (C=O) groups excluding carboxylic acids is 1. The average Bonchev–Trinajstić information content (AvgIpc) is 2.63. The van der Waals surface area contributed by atoms with E-state index in [-0.39, 0.29) is 0 Å². The van der Waals surface area contributed by atoms with Crippen LogP contribution in [0.3, 0.4) is 0 Å². The van der Waals surface area contributed by atoms with Crippen molar-refractivity contribution in [3.05, 3.63) is 0 Å². The minimum Gasteiger partial charge on any atom is -0.342 e. The summed E-state index contributed by atoms with van der Waals surface area (Å²) in [4.78, 5) is 16.3. The third kappa shape index (κ3) is 6.36. The number of nitrogens with zero attached hydrogens (tertiary/aromatic N) is 2. The van der Waals surface area contributed by atoms with Crippen molar-refractivity contribution in [1.29, 1.82) is 0 Å². The fourth-order valence-corrected chi connectivity index (χ4v) is 2.43. The fraction of sp³-hybridized carbons (Fsp3) is 0.929. The van der Waals surface area contributed by atoms with Crippen molar-refractivity contribution in [2.24, 2.45) is 5.73 Å². The Morgan fingerprint density at radius 2 is 1.78 bits per heavy atom. The van der Waals surface area contributed by atoms with Crippen LogP contribution >= 0.6 is 0 Å². The van der Waals surface area contributed by atoms with Crippen molar-refractivity contribution < 1.29 is 4.79 Å². The van der Waals surface area contributed by atoms with Gasteiger partial charge in [-0.25, -0.2) is 0 Å². The summed E-state index contributed by atoms with van der Waals surface area (Å²) >= 11 is 0. The molecule has 1 heterocycles. The van der Waals surface area contributed by atoms with Gasteiger partial charge in [0.05, 0.1) is 6.54 Å². The van der Waals surface area contributed by atoms with Gasteiger partial charge in [-0.1, -0.05) is 19.3 Å². The maximum Gasteiger partial charge on any atom is 0.236 e. The SMILES string of the molecule is CN(CCCCCN)CC(=O)N1CCCCCC1. The van der Waals surface area contributed by atoms with Gasteiger partial charge >= 0.3 is 0 Å². The predicted octanol–water partition coefficient (Wildman–Crippen LogP) is 1.45. The van der Waals surface area contributed by atoms with E-state index in [9.17, 15) is 4.79 Å². The van der Waals surface area contributed by atoms with Gasteiger partial charge < -0.3 is 10.6 Å². The molecule has 0 aromatic rings. The number of likely N-dealkylation sites (N-methyl/N-ethyl adjacent to an activating group) is 1. The van der Waals surface area contributed by atoms with Crippen LogP contribution in [0.4, 0.5) is 0 Å². The summed E-state index contributed by atoms with van der Waals surface area (Å²) in [5.41, 5.74) is 5.46. The third-order valence-electron chi connectivity index (χ3n) is 3.61. The molecule has 1 fully saturated rings. The second-order valence-corrected chi connectivity index (χ2v) is 5.38. The highest BCUT2D eigenvalue weighted by Gasteiger charge is 2.16. The molecule has 0 radical (unpaired) electrons. The molecule has 0 bridgehead atoms. The van der Waals surface area contributed by atoms with E-state index in [1.807, 2.05) is 11.9 Å². The lowest BCUT2D eigenvalue weighted by Gasteiger charge is -2.24. The number of nitrogens with two attached hydrogens (primary N) is 1. The average molecular weight is 255 g/mol. The van der Waals surface area contributed by atoms with Crippen molar-refractivity contribution in [2.75, 3.05) is 39.8 Å². The van der Waals surface area contributed by atoms with Crippen LogP contribution in [0.5, 0.6) is 0 Å². The predicted molar refractivity (Wildman–Crippen MR) is 75.5 cm³/mol. The topological polar surface area (TPSA) is 49.6 Å². The standard InChI is InChI=1S/C14H29N3O/c1-16(10-6-4-5-9-15)13-14(18)17-11-7-2-3-8-12-17/h2-13,15H2,1H3. The lowest BCUT2D eigenvalue weighted by Crippen LogP contribution is -2.39. The fourth-order valence-electron chi connectivity index (χ4n) is 2.43. The van der Waals surface area contributed by atoms with Gasteiger partial charge in [0, 0.05) is 13.1 Å². The van der Waals surface area contributed by atoms with Crippen molar-refractivity contribution in [3.63, 3.8) is 0 Å². The van der Waals surface area contributed by atoms with Crippen LogP contribution in [0.25, 0.3) is 0 Å². The number of carbonyl (C=O) groups is 1. The molecule has 106 valence electrons. The smallest absolute Gasteiger partial charge is 0.236 e. The van der Waals surface area contributed by atoms with Gasteiger partial charge in [-0.3, -0.25) is 9.69 Å². The van der Waals surface area contributed by atoms with Crippen LogP contribution in [-0.4, -0.2) is 55.5 Å². The number of rotatable bonds is 7. The highest BCUT2D eigenvalue weighted by Crippen LogP contribution is 2.10. The molecule has 0 spiro atoms. The summed E-state index contributed by atoms with van der Waals surface area (Å²) in [6, 6.07) is 0. The second kappa shape index (κ2) is 9.34. The van der Waals surface area contributed by atoms with E-state index in [0.717, 1.165) is 39.0 Å². The molecule has 0 saturated carbocycles. The Kier molecular flexibility index (Phi) is 8.01. The first-order valence-corrected chi connectivity index (χ1v) is 7.40. The molecule has 0 aromatic carbocycles. The van der Waals surface area contributed by atoms with Gasteiger partial charge in [0.1, 0.15) is 0 Å². The van der Waals surface area contributed by atoms with Crippen LogP contribution in [0.15, 0.2) is 0 Å². The Morgan fingerprint density at radius 3 is 2.39 bits per heavy atom. The summed E-state index contributed by atoms with van der Waals surface area (Å²) in [5.74, 6) is 0.304. The highest BCUT2D eigenvalue weighted by molar-refractivity contribution is 5.78. The Hall–Kier alpha value is -0.610. The summed E-state index contributed by atoms with van der Waals surface area (Å²) in [6.45, 7) is 4.26. The van der Waals surface area contributed by atoms with E-state index in [2.05, 4.69) is 4.90 Å². The zero-order chi connectivity index (χ0) is 13.2. The lowest BCUT2D eigenvalue weighted by molar-refractivity contribution is -0.132. The maximum atomic E-state index is 12.1. The third-order valence-corrected chi connectivity index (χ3v) is 3.61. The van der Waals surface area contributed by atoms with Crippen LogP contribution in [-0.2, 0) is 4.79 Å². The molecule has 1 aliphatic heterocycles. The molecule has 4 nitrogen and oxygen atoms in total. The number of hydrogen-bond acceptors (Lipinski definition) is 3. The number of unbranched alkanes of at least 4 members (excludes halogenated alkanes) is 2. The molecule has 1 aliphatic rings. The zero-order valence-corrected chi connectivity index (χ0v) is 11.9. The number of hydrogen-bond donors (Lipinski definition) is 1. The molecule has 2 N–H and O–H groups in total. The van der Waals surface area contributed by atoms with Gasteiger partial charge in [0.2, 0.25) is 5.91 Å². The zero-order valence-electron chi connectivity index (χ0n) is 11.9. The van der Waals surface area contributed by atoms with Crippen molar-refractivity contribution >= 4 is 5.91 Å². The van der Waals surface area contributed by atoms with E-state index in [1.54, 1.807) is 0 Å². The summed E-state index contributed by atoms with van der Waals surface area (Å²) in [6.07, 6.45) is 8.29. The molecule has 4 heteroatoms. The Labute approximate surface area is 111 Å². The molecule has 0 atom stereocenters. The van der Waals surface area contributed by atoms with Gasteiger partial charge in [-0.05, 0) is 45.8 Å². The molecule has 0 unspecified atom stereocenters. The van der Waals surface area contributed by atoms with Crippen LogP contribution < -0.4 is 5.73 Å². The number of amides is 1. The monoisotopic (exact) mass is 255 g/mol. The first kappa shape index (κ1) is 15.4. The molecular formula is C14H29N3O. The van der Waals surface area contributed by atoms with Crippen molar-refractivity contribution in [3.8, 4) is 0 Å². The Morgan fingerprint density at radius 1 is 1.11 bits per heavy atom. The van der Waals surface area contributed by atoms with E-state index >= 15 is 0 Å². The molecule has 0 aliphatic carbocycles. The van der Waals surface area contributed by atoms with E-state index in [0.29, 0.717) is 12.5 Å². The van der Waals surface area contributed by atoms with Gasteiger partial charge in [-0.15, -0.1) is 0 Å². The first-order valence-electron chi connectivity index (χ1n) is 7.40. The minimum atomic E-state index is 0.304. The molecule has 1 saturated heterocycles. The van der Waals surface area contributed by atoms with Crippen LogP contribution in [0.2, 0.25) is 0 Å². The summed E-state index contributed by atoms with van der Waals surface area (Å²) in [7, 11) is 2.04. The van der Waals surface area contributed by atoms with Crippen LogP contribution in [0, 0.1) is 0 Å². The van der Waals surface area contributed by atoms with E-state index in [1.165, 1.54) is 32.1 Å². The Balaban J connectivity index is 2.17. The van der Waals surface area contributed by atoms with Gasteiger partial charge in [-0.2, -0.15) is 0 Å². The molecule has 1 rings (SSSR count). The van der Waals surface area contributed by atoms with Crippen LogP contribution in [0.1, 0.15) is 44.9 Å².